The van der Waals surface area contributed by atoms with Crippen LogP contribution in [0.2, 0.25) is 0 Å². The second-order valence-electron chi connectivity index (χ2n) is 6.16. The molecular formula is C16H25ClN4O2. The van der Waals surface area contributed by atoms with Gasteiger partial charge in [0.2, 0.25) is 0 Å². The van der Waals surface area contributed by atoms with Crippen molar-refractivity contribution in [1.29, 1.82) is 0 Å². The summed E-state index contributed by atoms with van der Waals surface area (Å²) in [4.78, 5) is 4.31. The molecule has 0 atom stereocenters. The highest BCUT2D eigenvalue weighted by Gasteiger charge is 2.13. The highest BCUT2D eigenvalue weighted by atomic mass is 35.5. The summed E-state index contributed by atoms with van der Waals surface area (Å²) in [5.74, 6) is 1.99. The topological polar surface area (TPSA) is 86.2 Å². The van der Waals surface area contributed by atoms with Gasteiger partial charge in [-0.05, 0) is 23.1 Å². The molecular weight excluding hydrogens is 316 g/mol. The van der Waals surface area contributed by atoms with E-state index in [2.05, 4.69) is 43.0 Å². The van der Waals surface area contributed by atoms with Crippen LogP contribution in [0.5, 0.6) is 5.75 Å². The third kappa shape index (κ3) is 5.20. The van der Waals surface area contributed by atoms with E-state index in [-0.39, 0.29) is 37.6 Å². The van der Waals surface area contributed by atoms with Gasteiger partial charge in [-0.1, -0.05) is 32.9 Å². The molecule has 0 aliphatic rings. The van der Waals surface area contributed by atoms with E-state index in [1.54, 1.807) is 4.68 Å². The Bertz CT molecular complexity index is 606. The summed E-state index contributed by atoms with van der Waals surface area (Å²) in [7, 11) is 0. The minimum absolute atomic E-state index is 0. The molecule has 7 heteroatoms. The lowest BCUT2D eigenvalue weighted by Crippen LogP contribution is -2.11. The predicted octanol–water partition coefficient (Wildman–Crippen LogP) is 2.03. The molecule has 0 unspecified atom stereocenters. The molecule has 0 spiro atoms. The lowest BCUT2D eigenvalue weighted by atomic mass is 9.87. The Kier molecular flexibility index (Phi) is 7.00. The number of aliphatic hydroxyl groups is 1. The number of nitrogens with zero attached hydrogens (tertiary/aromatic N) is 3. The van der Waals surface area contributed by atoms with E-state index in [1.165, 1.54) is 5.56 Å². The predicted molar refractivity (Wildman–Crippen MR) is 91.7 cm³/mol. The molecule has 2 aromatic rings. The van der Waals surface area contributed by atoms with E-state index in [1.807, 2.05) is 12.1 Å². The van der Waals surface area contributed by atoms with Crippen LogP contribution in [0.4, 0.5) is 0 Å². The van der Waals surface area contributed by atoms with Crippen molar-refractivity contribution in [3.8, 4) is 5.75 Å². The first-order valence-electron chi connectivity index (χ1n) is 7.41. The van der Waals surface area contributed by atoms with Crippen LogP contribution in [0.1, 0.15) is 38.0 Å². The number of halogens is 1. The maximum absolute atomic E-state index is 8.99. The molecule has 0 saturated carbocycles. The zero-order chi connectivity index (χ0) is 16.2. The fraction of sp³-hybridized carbons (Fsp3) is 0.500. The van der Waals surface area contributed by atoms with E-state index in [0.29, 0.717) is 18.2 Å². The molecule has 1 aromatic carbocycles. The maximum atomic E-state index is 8.99. The number of ether oxygens (including phenoxy) is 1. The van der Waals surface area contributed by atoms with Crippen LogP contribution in [0.15, 0.2) is 24.3 Å². The fourth-order valence-electron chi connectivity index (χ4n) is 2.11. The van der Waals surface area contributed by atoms with Gasteiger partial charge in [0.05, 0.1) is 19.7 Å². The van der Waals surface area contributed by atoms with Crippen LogP contribution in [0.25, 0.3) is 0 Å². The van der Waals surface area contributed by atoms with E-state index in [4.69, 9.17) is 15.6 Å². The first-order chi connectivity index (χ1) is 10.4. The molecule has 6 nitrogen and oxygen atoms in total. The molecule has 0 fully saturated rings. The molecule has 3 N–H and O–H groups in total. The molecule has 0 aliphatic carbocycles. The highest BCUT2D eigenvalue weighted by Crippen LogP contribution is 2.24. The number of benzene rings is 1. The van der Waals surface area contributed by atoms with Crippen LogP contribution in [0, 0.1) is 0 Å². The van der Waals surface area contributed by atoms with Crippen LogP contribution in [-0.2, 0) is 25.1 Å². The number of rotatable bonds is 6. The van der Waals surface area contributed by atoms with Crippen LogP contribution in [0.3, 0.4) is 0 Å². The van der Waals surface area contributed by atoms with Gasteiger partial charge < -0.3 is 15.6 Å². The zero-order valence-electron chi connectivity index (χ0n) is 13.8. The van der Waals surface area contributed by atoms with E-state index in [0.717, 1.165) is 5.75 Å². The Morgan fingerprint density at radius 3 is 2.39 bits per heavy atom. The van der Waals surface area contributed by atoms with E-state index >= 15 is 0 Å². The van der Waals surface area contributed by atoms with Gasteiger partial charge in [-0.25, -0.2) is 9.67 Å². The second kappa shape index (κ2) is 8.29. The molecule has 0 bridgehead atoms. The SMILES string of the molecule is CC(C)(C)c1ccc(OCc2nc(CN)n(CCO)n2)cc1.Cl. The number of aliphatic hydroxyl groups excluding tert-OH is 1. The summed E-state index contributed by atoms with van der Waals surface area (Å²) in [6.07, 6.45) is 0. The maximum Gasteiger partial charge on any atom is 0.188 e. The van der Waals surface area contributed by atoms with Gasteiger partial charge in [0.1, 0.15) is 18.2 Å². The van der Waals surface area contributed by atoms with E-state index < -0.39 is 0 Å². The standard InChI is InChI=1S/C16H24N4O2.ClH/c1-16(2,3)12-4-6-13(7-5-12)22-11-14-18-15(10-17)20(19-14)8-9-21;/h4-7,21H,8-11,17H2,1-3H3;1H. The van der Waals surface area contributed by atoms with Crippen molar-refractivity contribution in [3.63, 3.8) is 0 Å². The number of nitrogens with two attached hydrogens (primary N) is 1. The van der Waals surface area contributed by atoms with Gasteiger partial charge in [-0.15, -0.1) is 12.4 Å². The van der Waals surface area contributed by atoms with Crippen LogP contribution < -0.4 is 10.5 Å². The lowest BCUT2D eigenvalue weighted by Gasteiger charge is -2.19. The summed E-state index contributed by atoms with van der Waals surface area (Å²) < 4.78 is 7.32. The first-order valence-corrected chi connectivity index (χ1v) is 7.41. The average Bonchev–Trinajstić information content (AvgIpc) is 2.87. The minimum atomic E-state index is 0. The minimum Gasteiger partial charge on any atom is -0.486 e. The third-order valence-corrected chi connectivity index (χ3v) is 3.37. The quantitative estimate of drug-likeness (QED) is 0.840. The molecule has 23 heavy (non-hydrogen) atoms. The van der Waals surface area contributed by atoms with Crippen molar-refractivity contribution in [2.75, 3.05) is 6.61 Å². The Morgan fingerprint density at radius 1 is 1.22 bits per heavy atom. The molecule has 128 valence electrons. The van der Waals surface area contributed by atoms with Gasteiger partial charge in [0.15, 0.2) is 5.82 Å². The molecule has 0 saturated heterocycles. The van der Waals surface area contributed by atoms with Crippen molar-refractivity contribution in [2.45, 2.75) is 45.9 Å². The zero-order valence-corrected chi connectivity index (χ0v) is 14.6. The Labute approximate surface area is 143 Å². The normalized spacial score (nSPS) is 11.2. The first kappa shape index (κ1) is 19.4. The largest absolute Gasteiger partial charge is 0.486 e. The van der Waals surface area contributed by atoms with Crippen molar-refractivity contribution < 1.29 is 9.84 Å². The van der Waals surface area contributed by atoms with Gasteiger partial charge in [-0.2, -0.15) is 5.10 Å². The second-order valence-corrected chi connectivity index (χ2v) is 6.16. The van der Waals surface area contributed by atoms with Crippen molar-refractivity contribution in [3.05, 3.63) is 41.5 Å². The van der Waals surface area contributed by atoms with Crippen molar-refractivity contribution >= 4 is 12.4 Å². The summed E-state index contributed by atoms with van der Waals surface area (Å²) >= 11 is 0. The molecule has 1 heterocycles. The Hall–Kier alpha value is -1.63. The van der Waals surface area contributed by atoms with Crippen LogP contribution >= 0.6 is 12.4 Å². The summed E-state index contributed by atoms with van der Waals surface area (Å²) in [6.45, 7) is 7.48. The summed E-state index contributed by atoms with van der Waals surface area (Å²) in [5.41, 5.74) is 7.00. The van der Waals surface area contributed by atoms with Gasteiger partial charge in [-0.3, -0.25) is 0 Å². The summed E-state index contributed by atoms with van der Waals surface area (Å²) in [5, 5.41) is 13.3. The molecule has 0 aliphatic heterocycles. The lowest BCUT2D eigenvalue weighted by molar-refractivity contribution is 0.264. The number of aromatic nitrogens is 3. The smallest absolute Gasteiger partial charge is 0.188 e. The van der Waals surface area contributed by atoms with Gasteiger partial charge in [0.25, 0.3) is 0 Å². The Morgan fingerprint density at radius 2 is 1.87 bits per heavy atom. The molecule has 2 rings (SSSR count). The third-order valence-electron chi connectivity index (χ3n) is 3.37. The Balaban J connectivity index is 0.00000264. The van der Waals surface area contributed by atoms with Gasteiger partial charge >= 0.3 is 0 Å². The van der Waals surface area contributed by atoms with Crippen molar-refractivity contribution in [2.24, 2.45) is 5.73 Å². The van der Waals surface area contributed by atoms with Gasteiger partial charge in [0, 0.05) is 0 Å². The number of hydrogen-bond acceptors (Lipinski definition) is 5. The summed E-state index contributed by atoms with van der Waals surface area (Å²) in [6, 6.07) is 8.04. The van der Waals surface area contributed by atoms with Crippen molar-refractivity contribution in [1.82, 2.24) is 14.8 Å². The number of hydrogen-bond donors (Lipinski definition) is 2. The monoisotopic (exact) mass is 340 g/mol. The average molecular weight is 341 g/mol. The molecule has 0 radical (unpaired) electrons. The van der Waals surface area contributed by atoms with E-state index in [9.17, 15) is 0 Å². The molecule has 1 aromatic heterocycles. The van der Waals surface area contributed by atoms with Crippen LogP contribution in [-0.4, -0.2) is 26.5 Å². The highest BCUT2D eigenvalue weighted by molar-refractivity contribution is 5.85. The molecule has 0 amide bonds. The fourth-order valence-corrected chi connectivity index (χ4v) is 2.11.